The van der Waals surface area contributed by atoms with Crippen LogP contribution in [0.2, 0.25) is 0 Å². The second-order valence-corrected chi connectivity index (χ2v) is 5.87. The van der Waals surface area contributed by atoms with Gasteiger partial charge < -0.3 is 19.0 Å². The highest BCUT2D eigenvalue weighted by molar-refractivity contribution is 5.80. The lowest BCUT2D eigenvalue weighted by atomic mass is 9.96. The summed E-state index contributed by atoms with van der Waals surface area (Å²) < 4.78 is 48.5. The van der Waals surface area contributed by atoms with Crippen LogP contribution in [0.1, 0.15) is 25.5 Å². The van der Waals surface area contributed by atoms with Gasteiger partial charge in [-0.25, -0.2) is 4.79 Å². The van der Waals surface area contributed by atoms with Crippen molar-refractivity contribution in [3.8, 4) is 0 Å². The molecule has 0 aromatic carbocycles. The molecule has 25 heavy (non-hydrogen) atoms. The molecule has 6 nitrogen and oxygen atoms in total. The number of carbonyl (C=O) groups is 2. The number of amides is 2. The number of furan rings is 1. The Morgan fingerprint density at radius 3 is 2.80 bits per heavy atom. The SMILES string of the molecule is CCOC(=O)N1CCCC(C(=O)N(Cc2ccco2)CC(F)(F)F)C1. The predicted molar refractivity (Wildman–Crippen MR) is 81.5 cm³/mol. The molecule has 1 unspecified atom stereocenters. The third-order valence-electron chi connectivity index (χ3n) is 3.91. The van der Waals surface area contributed by atoms with Crippen LogP contribution in [0.4, 0.5) is 18.0 Å². The molecule has 0 bridgehead atoms. The molecule has 2 heterocycles. The van der Waals surface area contributed by atoms with Gasteiger partial charge in [-0.1, -0.05) is 0 Å². The summed E-state index contributed by atoms with van der Waals surface area (Å²) in [5.74, 6) is -1.05. The van der Waals surface area contributed by atoms with E-state index in [-0.39, 0.29) is 25.5 Å². The van der Waals surface area contributed by atoms with E-state index in [4.69, 9.17) is 9.15 Å². The number of alkyl halides is 3. The molecule has 0 aliphatic carbocycles. The minimum Gasteiger partial charge on any atom is -0.467 e. The highest BCUT2D eigenvalue weighted by Gasteiger charge is 2.37. The number of hydrogen-bond donors (Lipinski definition) is 0. The van der Waals surface area contributed by atoms with E-state index < -0.39 is 30.6 Å². The predicted octanol–water partition coefficient (Wildman–Crippen LogP) is 3.04. The topological polar surface area (TPSA) is 63.0 Å². The van der Waals surface area contributed by atoms with Crippen LogP contribution in [0.15, 0.2) is 22.8 Å². The van der Waals surface area contributed by atoms with Gasteiger partial charge in [0.25, 0.3) is 0 Å². The fraction of sp³-hybridized carbons (Fsp3) is 0.625. The lowest BCUT2D eigenvalue weighted by Crippen LogP contribution is -2.48. The molecule has 2 rings (SSSR count). The smallest absolute Gasteiger partial charge is 0.409 e. The summed E-state index contributed by atoms with van der Waals surface area (Å²) in [7, 11) is 0. The number of carbonyl (C=O) groups excluding carboxylic acids is 2. The summed E-state index contributed by atoms with van der Waals surface area (Å²) in [5, 5.41) is 0. The van der Waals surface area contributed by atoms with Gasteiger partial charge in [-0.15, -0.1) is 0 Å². The molecule has 1 saturated heterocycles. The zero-order chi connectivity index (χ0) is 18.4. The highest BCUT2D eigenvalue weighted by Crippen LogP contribution is 2.24. The zero-order valence-corrected chi connectivity index (χ0v) is 13.9. The standard InChI is InChI=1S/C16H21F3N2O4/c1-2-24-15(23)20-7-3-5-12(9-20)14(22)21(11-16(17,18)19)10-13-6-4-8-25-13/h4,6,8,12H,2-3,5,7,9-11H2,1H3. The number of likely N-dealkylation sites (tertiary alicyclic amines) is 1. The minimum atomic E-state index is -4.52. The summed E-state index contributed by atoms with van der Waals surface area (Å²) >= 11 is 0. The van der Waals surface area contributed by atoms with Crippen molar-refractivity contribution in [3.63, 3.8) is 0 Å². The Morgan fingerprint density at radius 2 is 2.20 bits per heavy atom. The molecule has 0 radical (unpaired) electrons. The van der Waals surface area contributed by atoms with Crippen molar-refractivity contribution < 1.29 is 31.9 Å². The van der Waals surface area contributed by atoms with Gasteiger partial charge in [-0.3, -0.25) is 4.79 Å². The van der Waals surface area contributed by atoms with Gasteiger partial charge in [0.1, 0.15) is 12.3 Å². The second kappa shape index (κ2) is 8.26. The summed E-state index contributed by atoms with van der Waals surface area (Å²) in [6, 6.07) is 3.07. The van der Waals surface area contributed by atoms with Crippen molar-refractivity contribution >= 4 is 12.0 Å². The zero-order valence-electron chi connectivity index (χ0n) is 13.9. The first kappa shape index (κ1) is 19.1. The van der Waals surface area contributed by atoms with Crippen LogP contribution in [-0.2, 0) is 16.1 Å². The first-order chi connectivity index (χ1) is 11.8. The Morgan fingerprint density at radius 1 is 1.44 bits per heavy atom. The monoisotopic (exact) mass is 362 g/mol. The molecule has 1 aliphatic heterocycles. The van der Waals surface area contributed by atoms with Gasteiger partial charge in [-0.05, 0) is 31.9 Å². The molecular weight excluding hydrogens is 341 g/mol. The van der Waals surface area contributed by atoms with Gasteiger partial charge in [0.2, 0.25) is 5.91 Å². The molecule has 1 aliphatic rings. The molecule has 1 aromatic rings. The van der Waals surface area contributed by atoms with E-state index in [0.717, 1.165) is 4.90 Å². The molecule has 0 spiro atoms. The lowest BCUT2D eigenvalue weighted by Gasteiger charge is -2.34. The quantitative estimate of drug-likeness (QED) is 0.808. The first-order valence-corrected chi connectivity index (χ1v) is 8.09. The van der Waals surface area contributed by atoms with Crippen molar-refractivity contribution in [3.05, 3.63) is 24.2 Å². The maximum atomic E-state index is 12.9. The van der Waals surface area contributed by atoms with Crippen LogP contribution in [-0.4, -0.2) is 54.2 Å². The lowest BCUT2D eigenvalue weighted by molar-refractivity contribution is -0.166. The van der Waals surface area contributed by atoms with E-state index in [9.17, 15) is 22.8 Å². The maximum Gasteiger partial charge on any atom is 0.409 e. The molecule has 1 aromatic heterocycles. The van der Waals surface area contributed by atoms with E-state index in [1.165, 1.54) is 17.2 Å². The van der Waals surface area contributed by atoms with Crippen molar-refractivity contribution in [1.82, 2.24) is 9.80 Å². The van der Waals surface area contributed by atoms with Crippen molar-refractivity contribution in [2.24, 2.45) is 5.92 Å². The maximum absolute atomic E-state index is 12.9. The molecule has 140 valence electrons. The largest absolute Gasteiger partial charge is 0.467 e. The fourth-order valence-corrected chi connectivity index (χ4v) is 2.84. The molecule has 9 heteroatoms. The first-order valence-electron chi connectivity index (χ1n) is 8.09. The second-order valence-electron chi connectivity index (χ2n) is 5.87. The summed E-state index contributed by atoms with van der Waals surface area (Å²) in [6.45, 7) is 0.736. The van der Waals surface area contributed by atoms with Crippen LogP contribution in [0, 0.1) is 5.92 Å². The summed E-state index contributed by atoms with van der Waals surface area (Å²) in [6.07, 6.45) is -2.75. The van der Waals surface area contributed by atoms with Crippen LogP contribution in [0.5, 0.6) is 0 Å². The number of rotatable bonds is 5. The molecule has 2 amide bonds. The third-order valence-corrected chi connectivity index (χ3v) is 3.91. The Labute approximate surface area is 143 Å². The van der Waals surface area contributed by atoms with Gasteiger partial charge in [0.05, 0.1) is 25.3 Å². The van der Waals surface area contributed by atoms with Gasteiger partial charge in [0.15, 0.2) is 0 Å². The Kier molecular flexibility index (Phi) is 6.33. The number of nitrogens with zero attached hydrogens (tertiary/aromatic N) is 2. The normalized spacial score (nSPS) is 18.1. The van der Waals surface area contributed by atoms with E-state index in [0.29, 0.717) is 19.4 Å². The summed E-state index contributed by atoms with van der Waals surface area (Å²) in [5.41, 5.74) is 0. The molecule has 1 fully saturated rings. The van der Waals surface area contributed by atoms with E-state index in [2.05, 4.69) is 0 Å². The van der Waals surface area contributed by atoms with Crippen LogP contribution >= 0.6 is 0 Å². The minimum absolute atomic E-state index is 0.0597. The Bertz CT molecular complexity index is 574. The number of halogens is 3. The fourth-order valence-electron chi connectivity index (χ4n) is 2.84. The number of ether oxygens (including phenoxy) is 1. The van der Waals surface area contributed by atoms with Crippen molar-refractivity contribution in [2.45, 2.75) is 32.5 Å². The van der Waals surface area contributed by atoms with Gasteiger partial charge >= 0.3 is 12.3 Å². The van der Waals surface area contributed by atoms with E-state index in [1.54, 1.807) is 13.0 Å². The number of piperidine rings is 1. The Hall–Kier alpha value is -2.19. The average molecular weight is 362 g/mol. The molecule has 1 atom stereocenters. The molecule has 0 N–H and O–H groups in total. The molecule has 0 saturated carbocycles. The highest BCUT2D eigenvalue weighted by atomic mass is 19.4. The average Bonchev–Trinajstić information content (AvgIpc) is 3.05. The van der Waals surface area contributed by atoms with Crippen LogP contribution in [0.25, 0.3) is 0 Å². The van der Waals surface area contributed by atoms with Crippen LogP contribution < -0.4 is 0 Å². The number of hydrogen-bond acceptors (Lipinski definition) is 4. The van der Waals surface area contributed by atoms with Crippen molar-refractivity contribution in [2.75, 3.05) is 26.2 Å². The Balaban J connectivity index is 2.07. The molecular formula is C16H21F3N2O4. The third kappa shape index (κ3) is 5.68. The van der Waals surface area contributed by atoms with Gasteiger partial charge in [0, 0.05) is 13.1 Å². The van der Waals surface area contributed by atoms with Crippen LogP contribution in [0.3, 0.4) is 0 Å². The van der Waals surface area contributed by atoms with Gasteiger partial charge in [-0.2, -0.15) is 13.2 Å². The summed E-state index contributed by atoms with van der Waals surface area (Å²) in [4.78, 5) is 26.5. The van der Waals surface area contributed by atoms with E-state index >= 15 is 0 Å². The van der Waals surface area contributed by atoms with E-state index in [1.807, 2.05) is 0 Å². The van der Waals surface area contributed by atoms with Crippen molar-refractivity contribution in [1.29, 1.82) is 0 Å².